The molecule has 5 heteroatoms. The maximum atomic E-state index is 13.0. The van der Waals surface area contributed by atoms with Gasteiger partial charge in [0, 0.05) is 18.7 Å². The van der Waals surface area contributed by atoms with Crippen molar-refractivity contribution in [2.24, 2.45) is 5.92 Å². The quantitative estimate of drug-likeness (QED) is 0.888. The fourth-order valence-corrected chi connectivity index (χ4v) is 4.13. The molecule has 1 amide bonds. The van der Waals surface area contributed by atoms with E-state index in [1.165, 1.54) is 0 Å². The second-order valence-electron chi connectivity index (χ2n) is 7.65. The Balaban J connectivity index is 1.65. The van der Waals surface area contributed by atoms with Crippen LogP contribution in [0.1, 0.15) is 17.5 Å². The first-order valence-electron chi connectivity index (χ1n) is 9.55. The van der Waals surface area contributed by atoms with Gasteiger partial charge < -0.3 is 19.6 Å². The minimum Gasteiger partial charge on any atom is -0.504 e. The molecule has 5 nitrogen and oxygen atoms in total. The SMILES string of the molecule is Cc1ccccc1-c1cc(O)c2c(c1)CN(C(=O)[C@H]1CCN(C)C1)CCO2. The lowest BCUT2D eigenvalue weighted by Crippen LogP contribution is -2.38. The summed E-state index contributed by atoms with van der Waals surface area (Å²) in [4.78, 5) is 17.1. The van der Waals surface area contributed by atoms with Crippen LogP contribution in [0, 0.1) is 12.8 Å². The number of hydrogen-bond donors (Lipinski definition) is 1. The second kappa shape index (κ2) is 7.24. The lowest BCUT2D eigenvalue weighted by atomic mass is 9.97. The van der Waals surface area contributed by atoms with E-state index in [-0.39, 0.29) is 17.6 Å². The van der Waals surface area contributed by atoms with Gasteiger partial charge >= 0.3 is 0 Å². The Bertz CT molecular complexity index is 865. The van der Waals surface area contributed by atoms with E-state index in [0.29, 0.717) is 25.4 Å². The number of phenols is 1. The smallest absolute Gasteiger partial charge is 0.227 e. The fraction of sp³-hybridized carbons (Fsp3) is 0.409. The number of carbonyl (C=O) groups is 1. The summed E-state index contributed by atoms with van der Waals surface area (Å²) in [6.45, 7) is 5.27. The highest BCUT2D eigenvalue weighted by Gasteiger charge is 2.31. The van der Waals surface area contributed by atoms with Crippen molar-refractivity contribution in [2.75, 3.05) is 33.3 Å². The molecule has 0 aromatic heterocycles. The number of fused-ring (bicyclic) bond motifs is 1. The molecule has 0 aliphatic carbocycles. The third-order valence-corrected chi connectivity index (χ3v) is 5.62. The molecule has 1 atom stereocenters. The molecule has 2 heterocycles. The van der Waals surface area contributed by atoms with Crippen LogP contribution < -0.4 is 4.74 Å². The molecule has 27 heavy (non-hydrogen) atoms. The van der Waals surface area contributed by atoms with E-state index in [4.69, 9.17) is 4.74 Å². The average molecular weight is 366 g/mol. The molecule has 4 rings (SSSR count). The van der Waals surface area contributed by atoms with E-state index in [9.17, 15) is 9.90 Å². The predicted octanol–water partition coefficient (Wildman–Crippen LogP) is 3.04. The van der Waals surface area contributed by atoms with Gasteiger partial charge in [-0.05, 0) is 55.8 Å². The molecular formula is C22H26N2O3. The van der Waals surface area contributed by atoms with Crippen molar-refractivity contribution < 1.29 is 14.6 Å². The van der Waals surface area contributed by atoms with Gasteiger partial charge in [-0.15, -0.1) is 0 Å². The standard InChI is InChI=1S/C22H26N2O3/c1-15-5-3-4-6-19(15)17-11-18-14-24(9-10-27-21(18)20(25)12-17)22(26)16-7-8-23(2)13-16/h3-6,11-12,16,25H,7-10,13-14H2,1-2H3/t16-/m0/s1. The van der Waals surface area contributed by atoms with Crippen LogP contribution >= 0.6 is 0 Å². The van der Waals surface area contributed by atoms with Gasteiger partial charge in [0.15, 0.2) is 11.5 Å². The molecule has 2 aliphatic rings. The van der Waals surface area contributed by atoms with E-state index >= 15 is 0 Å². The Hall–Kier alpha value is -2.53. The molecule has 0 radical (unpaired) electrons. The van der Waals surface area contributed by atoms with E-state index < -0.39 is 0 Å². The predicted molar refractivity (Wildman–Crippen MR) is 105 cm³/mol. The number of carbonyl (C=O) groups excluding carboxylic acids is 1. The summed E-state index contributed by atoms with van der Waals surface area (Å²) in [5.74, 6) is 0.896. The molecule has 0 bridgehead atoms. The first-order chi connectivity index (χ1) is 13.0. The van der Waals surface area contributed by atoms with E-state index in [0.717, 1.165) is 41.8 Å². The summed E-state index contributed by atoms with van der Waals surface area (Å²) < 4.78 is 5.81. The topological polar surface area (TPSA) is 53.0 Å². The zero-order chi connectivity index (χ0) is 19.0. The van der Waals surface area contributed by atoms with Gasteiger partial charge in [0.05, 0.1) is 12.5 Å². The maximum absolute atomic E-state index is 13.0. The Kier molecular flexibility index (Phi) is 4.79. The highest BCUT2D eigenvalue weighted by molar-refractivity contribution is 5.80. The normalized spacial score (nSPS) is 20.1. The molecule has 2 aromatic rings. The van der Waals surface area contributed by atoms with Crippen molar-refractivity contribution >= 4 is 5.91 Å². The second-order valence-corrected chi connectivity index (χ2v) is 7.65. The van der Waals surface area contributed by atoms with Crippen LogP contribution in [-0.4, -0.2) is 54.1 Å². The van der Waals surface area contributed by atoms with E-state index in [1.54, 1.807) is 6.07 Å². The number of amides is 1. The number of aryl methyl sites for hydroxylation is 1. The molecular weight excluding hydrogens is 340 g/mol. The number of hydrogen-bond acceptors (Lipinski definition) is 4. The Morgan fingerprint density at radius 3 is 2.78 bits per heavy atom. The van der Waals surface area contributed by atoms with Gasteiger partial charge in [0.1, 0.15) is 6.61 Å². The lowest BCUT2D eigenvalue weighted by molar-refractivity contribution is -0.135. The van der Waals surface area contributed by atoms with Crippen molar-refractivity contribution in [3.05, 3.63) is 47.5 Å². The van der Waals surface area contributed by atoms with Crippen LogP contribution in [0.15, 0.2) is 36.4 Å². The van der Waals surface area contributed by atoms with Crippen LogP contribution in [0.2, 0.25) is 0 Å². The molecule has 0 spiro atoms. The Labute approximate surface area is 160 Å². The Morgan fingerprint density at radius 2 is 2.04 bits per heavy atom. The summed E-state index contributed by atoms with van der Waals surface area (Å²) in [7, 11) is 2.06. The van der Waals surface area contributed by atoms with Crippen LogP contribution in [0.5, 0.6) is 11.5 Å². The van der Waals surface area contributed by atoms with Gasteiger partial charge in [-0.1, -0.05) is 24.3 Å². The van der Waals surface area contributed by atoms with Crippen LogP contribution in [-0.2, 0) is 11.3 Å². The van der Waals surface area contributed by atoms with Crippen molar-refractivity contribution in [3.8, 4) is 22.6 Å². The third kappa shape index (κ3) is 3.52. The van der Waals surface area contributed by atoms with Gasteiger partial charge in [0.25, 0.3) is 0 Å². The van der Waals surface area contributed by atoms with Gasteiger partial charge in [0.2, 0.25) is 5.91 Å². The van der Waals surface area contributed by atoms with E-state index in [1.807, 2.05) is 29.2 Å². The molecule has 0 saturated carbocycles. The monoisotopic (exact) mass is 366 g/mol. The van der Waals surface area contributed by atoms with Crippen molar-refractivity contribution in [2.45, 2.75) is 19.9 Å². The molecule has 2 aliphatic heterocycles. The highest BCUT2D eigenvalue weighted by Crippen LogP contribution is 2.38. The first-order valence-corrected chi connectivity index (χ1v) is 9.55. The summed E-state index contributed by atoms with van der Waals surface area (Å²) in [6.07, 6.45) is 0.911. The van der Waals surface area contributed by atoms with Crippen LogP contribution in [0.25, 0.3) is 11.1 Å². The van der Waals surface area contributed by atoms with Gasteiger partial charge in [-0.25, -0.2) is 0 Å². The van der Waals surface area contributed by atoms with Crippen molar-refractivity contribution in [1.29, 1.82) is 0 Å². The van der Waals surface area contributed by atoms with Gasteiger partial charge in [-0.2, -0.15) is 0 Å². The molecule has 0 unspecified atom stereocenters. The fourth-order valence-electron chi connectivity index (χ4n) is 4.13. The molecule has 142 valence electrons. The summed E-state index contributed by atoms with van der Waals surface area (Å²) in [5.41, 5.74) is 4.04. The van der Waals surface area contributed by atoms with Crippen molar-refractivity contribution in [1.82, 2.24) is 9.80 Å². The average Bonchev–Trinajstić information content (AvgIpc) is 2.96. The Morgan fingerprint density at radius 1 is 1.22 bits per heavy atom. The number of phenolic OH excluding ortho intramolecular Hbond substituents is 1. The summed E-state index contributed by atoms with van der Waals surface area (Å²) >= 11 is 0. The first kappa shape index (κ1) is 17.9. The third-order valence-electron chi connectivity index (χ3n) is 5.62. The molecule has 2 aromatic carbocycles. The number of likely N-dealkylation sites (tertiary alicyclic amines) is 1. The lowest BCUT2D eigenvalue weighted by Gasteiger charge is -2.23. The summed E-state index contributed by atoms with van der Waals surface area (Å²) in [5, 5.41) is 10.6. The largest absolute Gasteiger partial charge is 0.504 e. The van der Waals surface area contributed by atoms with Crippen molar-refractivity contribution in [3.63, 3.8) is 0 Å². The number of ether oxygens (including phenoxy) is 1. The molecule has 1 saturated heterocycles. The van der Waals surface area contributed by atoms with Crippen LogP contribution in [0.3, 0.4) is 0 Å². The van der Waals surface area contributed by atoms with E-state index in [2.05, 4.69) is 24.9 Å². The summed E-state index contributed by atoms with van der Waals surface area (Å²) in [6, 6.07) is 11.9. The molecule has 1 N–H and O–H groups in total. The minimum absolute atomic E-state index is 0.0599. The number of aromatic hydroxyl groups is 1. The van der Waals surface area contributed by atoms with Gasteiger partial charge in [-0.3, -0.25) is 4.79 Å². The number of rotatable bonds is 2. The highest BCUT2D eigenvalue weighted by atomic mass is 16.5. The number of benzene rings is 2. The zero-order valence-electron chi connectivity index (χ0n) is 15.9. The number of nitrogens with zero attached hydrogens (tertiary/aromatic N) is 2. The zero-order valence-corrected chi connectivity index (χ0v) is 15.9. The molecule has 1 fully saturated rings. The minimum atomic E-state index is 0.0599. The van der Waals surface area contributed by atoms with Crippen LogP contribution in [0.4, 0.5) is 0 Å². The maximum Gasteiger partial charge on any atom is 0.227 e.